The summed E-state index contributed by atoms with van der Waals surface area (Å²) in [5.74, 6) is 0.592. The van der Waals surface area contributed by atoms with Crippen molar-refractivity contribution in [2.75, 3.05) is 32.7 Å². The minimum atomic E-state index is 0.559. The molecule has 3 fully saturated rings. The van der Waals surface area contributed by atoms with Crippen molar-refractivity contribution in [2.24, 2.45) is 5.41 Å². The van der Waals surface area contributed by atoms with Gasteiger partial charge >= 0.3 is 0 Å². The van der Waals surface area contributed by atoms with Crippen LogP contribution in [0.4, 0.5) is 0 Å². The van der Waals surface area contributed by atoms with Gasteiger partial charge in [0.1, 0.15) is 0 Å². The summed E-state index contributed by atoms with van der Waals surface area (Å²) in [6.45, 7) is 15.5. The smallest absolute Gasteiger partial charge is 0.0481 e. The zero-order valence-electron chi connectivity index (χ0n) is 17.9. The van der Waals surface area contributed by atoms with E-state index in [1.54, 1.807) is 11.1 Å². The molecular weight excluding hydrogens is 330 g/mol. The normalized spacial score (nSPS) is 27.4. The van der Waals surface area contributed by atoms with Crippen molar-refractivity contribution in [3.05, 3.63) is 35.4 Å². The fourth-order valence-electron chi connectivity index (χ4n) is 5.88. The van der Waals surface area contributed by atoms with Gasteiger partial charge in [0.05, 0.1) is 0 Å². The molecule has 1 spiro atoms. The van der Waals surface area contributed by atoms with E-state index in [0.29, 0.717) is 23.4 Å². The van der Waals surface area contributed by atoms with Gasteiger partial charge in [-0.15, -0.1) is 0 Å². The first-order valence-corrected chi connectivity index (χ1v) is 11.3. The van der Waals surface area contributed by atoms with E-state index >= 15 is 0 Å². The molecule has 1 saturated carbocycles. The van der Waals surface area contributed by atoms with Crippen molar-refractivity contribution >= 4 is 0 Å². The van der Waals surface area contributed by atoms with Crippen LogP contribution in [0.2, 0.25) is 0 Å². The maximum Gasteiger partial charge on any atom is 0.0481 e. The molecule has 1 N–H and O–H groups in total. The third-order valence-corrected chi connectivity index (χ3v) is 7.63. The minimum Gasteiger partial charge on any atom is -0.317 e. The van der Waals surface area contributed by atoms with E-state index in [-0.39, 0.29) is 0 Å². The molecule has 2 heterocycles. The molecule has 4 rings (SSSR count). The third kappa shape index (κ3) is 3.83. The van der Waals surface area contributed by atoms with Crippen molar-refractivity contribution < 1.29 is 0 Å². The topological polar surface area (TPSA) is 18.5 Å². The molecule has 0 radical (unpaired) electrons. The van der Waals surface area contributed by atoms with Gasteiger partial charge in [-0.25, -0.2) is 0 Å². The lowest BCUT2D eigenvalue weighted by Gasteiger charge is -2.57. The Hall–Kier alpha value is -0.900. The Morgan fingerprint density at radius 3 is 2.37 bits per heavy atom. The fraction of sp³-hybridized carbons (Fsp3) is 0.750. The van der Waals surface area contributed by atoms with Crippen molar-refractivity contribution in [2.45, 2.75) is 77.4 Å². The second-order valence-electron chi connectivity index (χ2n) is 9.94. The maximum atomic E-state index is 3.56. The van der Waals surface area contributed by atoms with Gasteiger partial charge in [-0.05, 0) is 75.1 Å². The van der Waals surface area contributed by atoms with Crippen LogP contribution in [-0.2, 0) is 0 Å². The molecule has 0 aromatic heterocycles. The van der Waals surface area contributed by atoms with Crippen LogP contribution < -0.4 is 5.32 Å². The highest BCUT2D eigenvalue weighted by Gasteiger charge is 2.49. The lowest BCUT2D eigenvalue weighted by atomic mass is 9.60. The van der Waals surface area contributed by atoms with Crippen LogP contribution >= 0.6 is 0 Å². The third-order valence-electron chi connectivity index (χ3n) is 7.63. The van der Waals surface area contributed by atoms with Crippen LogP contribution in [0.1, 0.15) is 76.5 Å². The van der Waals surface area contributed by atoms with Crippen LogP contribution in [0.15, 0.2) is 24.3 Å². The second-order valence-corrected chi connectivity index (χ2v) is 9.94. The molecule has 3 nitrogen and oxygen atoms in total. The number of piperidine rings is 1. The zero-order chi connectivity index (χ0) is 19.0. The van der Waals surface area contributed by atoms with Gasteiger partial charge in [-0.3, -0.25) is 9.80 Å². The van der Waals surface area contributed by atoms with Gasteiger partial charge in [-0.1, -0.05) is 38.1 Å². The van der Waals surface area contributed by atoms with Gasteiger partial charge in [0.25, 0.3) is 0 Å². The van der Waals surface area contributed by atoms with Crippen LogP contribution in [0.25, 0.3) is 0 Å². The highest BCUT2D eigenvalue weighted by Crippen LogP contribution is 2.52. The molecule has 3 aliphatic rings. The largest absolute Gasteiger partial charge is 0.317 e. The lowest BCUT2D eigenvalue weighted by Crippen LogP contribution is -2.60. The van der Waals surface area contributed by atoms with Gasteiger partial charge in [0, 0.05) is 37.8 Å². The molecule has 0 bridgehead atoms. The fourth-order valence-corrected chi connectivity index (χ4v) is 5.88. The Kier molecular flexibility index (Phi) is 5.64. The van der Waals surface area contributed by atoms with Gasteiger partial charge < -0.3 is 5.32 Å². The van der Waals surface area contributed by atoms with Gasteiger partial charge in [0.2, 0.25) is 0 Å². The number of nitrogens with zero attached hydrogens (tertiary/aromatic N) is 2. The number of hydrogen-bond acceptors (Lipinski definition) is 3. The Labute approximate surface area is 166 Å². The summed E-state index contributed by atoms with van der Waals surface area (Å²) >= 11 is 0. The molecule has 1 aliphatic carbocycles. The van der Waals surface area contributed by atoms with Crippen LogP contribution in [0, 0.1) is 5.41 Å². The van der Waals surface area contributed by atoms with Crippen molar-refractivity contribution in [3.8, 4) is 0 Å². The number of benzene rings is 1. The van der Waals surface area contributed by atoms with Crippen molar-refractivity contribution in [1.29, 1.82) is 0 Å². The van der Waals surface area contributed by atoms with Crippen molar-refractivity contribution in [3.63, 3.8) is 0 Å². The Balaban J connectivity index is 1.57. The molecule has 2 aliphatic heterocycles. The van der Waals surface area contributed by atoms with E-state index in [0.717, 1.165) is 6.04 Å². The maximum absolute atomic E-state index is 3.56. The quantitative estimate of drug-likeness (QED) is 0.848. The first-order valence-electron chi connectivity index (χ1n) is 11.3. The summed E-state index contributed by atoms with van der Waals surface area (Å²) in [5.41, 5.74) is 3.80. The summed E-state index contributed by atoms with van der Waals surface area (Å²) < 4.78 is 0. The number of nitrogens with one attached hydrogen (secondary N) is 1. The van der Waals surface area contributed by atoms with Crippen molar-refractivity contribution in [1.82, 2.24) is 15.1 Å². The molecule has 0 amide bonds. The lowest BCUT2D eigenvalue weighted by molar-refractivity contribution is -0.0677. The van der Waals surface area contributed by atoms with Gasteiger partial charge in [0.15, 0.2) is 0 Å². The molecule has 150 valence electrons. The summed E-state index contributed by atoms with van der Waals surface area (Å²) in [6.07, 6.45) is 5.64. The molecule has 1 aromatic carbocycles. The van der Waals surface area contributed by atoms with E-state index in [2.05, 4.69) is 67.1 Å². The number of hydrogen-bond donors (Lipinski definition) is 1. The Morgan fingerprint density at radius 1 is 1.00 bits per heavy atom. The second kappa shape index (κ2) is 7.85. The van der Waals surface area contributed by atoms with Gasteiger partial charge in [-0.2, -0.15) is 0 Å². The van der Waals surface area contributed by atoms with E-state index in [1.807, 2.05) is 0 Å². The van der Waals surface area contributed by atoms with E-state index < -0.39 is 0 Å². The standard InChI is InChI=1S/C24H39N3/c1-18(2)21-7-5-6-8-22(21)23-17-26(19(3)4)13-14-27(23)20-15-24(16-20)9-11-25-12-10-24/h5-8,18-20,23,25H,9-17H2,1-4H3. The SMILES string of the molecule is CC(C)c1ccccc1C1CN(C(C)C)CCN1C1CC2(CCNCC2)C1. The minimum absolute atomic E-state index is 0.559. The average molecular weight is 370 g/mol. The number of rotatable bonds is 4. The van der Waals surface area contributed by atoms with E-state index in [9.17, 15) is 0 Å². The molecule has 2 saturated heterocycles. The average Bonchev–Trinajstić information content (AvgIpc) is 2.66. The summed E-state index contributed by atoms with van der Waals surface area (Å²) in [6, 6.07) is 11.2. The van der Waals surface area contributed by atoms with Crippen LogP contribution in [0.3, 0.4) is 0 Å². The highest BCUT2D eigenvalue weighted by molar-refractivity contribution is 5.33. The first-order chi connectivity index (χ1) is 13.0. The predicted molar refractivity (Wildman–Crippen MR) is 114 cm³/mol. The molecule has 1 aromatic rings. The van der Waals surface area contributed by atoms with E-state index in [1.165, 1.54) is 58.4 Å². The number of piperazine rings is 1. The highest BCUT2D eigenvalue weighted by atomic mass is 15.3. The zero-order valence-corrected chi connectivity index (χ0v) is 17.9. The summed E-state index contributed by atoms with van der Waals surface area (Å²) in [5, 5.41) is 3.56. The molecule has 1 unspecified atom stereocenters. The molecule has 3 heteroatoms. The van der Waals surface area contributed by atoms with E-state index in [4.69, 9.17) is 0 Å². The Bertz CT molecular complexity index is 624. The predicted octanol–water partition coefficient (Wildman–Crippen LogP) is 4.41. The summed E-state index contributed by atoms with van der Waals surface area (Å²) in [7, 11) is 0. The molecular formula is C24H39N3. The van der Waals surface area contributed by atoms with Crippen LogP contribution in [0.5, 0.6) is 0 Å². The molecule has 1 atom stereocenters. The van der Waals surface area contributed by atoms with Crippen LogP contribution in [-0.4, -0.2) is 54.6 Å². The summed E-state index contributed by atoms with van der Waals surface area (Å²) in [4.78, 5) is 5.59. The first kappa shape index (κ1) is 19.4. The molecule has 27 heavy (non-hydrogen) atoms. The monoisotopic (exact) mass is 369 g/mol. The Morgan fingerprint density at radius 2 is 1.70 bits per heavy atom.